The van der Waals surface area contributed by atoms with Crippen LogP contribution in [0.4, 0.5) is 0 Å². The van der Waals surface area contributed by atoms with Crippen molar-refractivity contribution in [1.29, 1.82) is 0 Å². The zero-order valence-corrected chi connectivity index (χ0v) is 13.2. The third kappa shape index (κ3) is 2.70. The summed E-state index contributed by atoms with van der Waals surface area (Å²) in [7, 11) is 0. The molecule has 0 atom stereocenters. The third-order valence-corrected chi connectivity index (χ3v) is 4.37. The summed E-state index contributed by atoms with van der Waals surface area (Å²) in [5.41, 5.74) is 2.00. The highest BCUT2D eigenvalue weighted by molar-refractivity contribution is 6.31. The van der Waals surface area contributed by atoms with E-state index in [0.717, 1.165) is 42.5 Å². The first-order valence-corrected chi connectivity index (χ1v) is 8.08. The van der Waals surface area contributed by atoms with E-state index >= 15 is 0 Å². The summed E-state index contributed by atoms with van der Waals surface area (Å²) in [4.78, 5) is 26.1. The number of aromatic amines is 1. The van der Waals surface area contributed by atoms with Crippen molar-refractivity contribution < 1.29 is 4.79 Å². The molecule has 7 heteroatoms. The summed E-state index contributed by atoms with van der Waals surface area (Å²) in [5, 5.41) is 4.30. The Morgan fingerprint density at radius 3 is 2.91 bits per heavy atom. The Labute approximate surface area is 138 Å². The summed E-state index contributed by atoms with van der Waals surface area (Å²) in [6.07, 6.45) is 8.68. The Morgan fingerprint density at radius 1 is 1.26 bits per heavy atom. The number of hydrogen-bond acceptors (Lipinski definition) is 4. The average Bonchev–Trinajstić information content (AvgIpc) is 3.13. The Bertz CT molecular complexity index is 832. The number of likely N-dealkylation sites (tertiary alicyclic amines) is 1. The van der Waals surface area contributed by atoms with Gasteiger partial charge in [-0.3, -0.25) is 10.1 Å². The van der Waals surface area contributed by atoms with E-state index in [2.05, 4.69) is 25.2 Å². The van der Waals surface area contributed by atoms with Crippen LogP contribution < -0.4 is 5.32 Å². The molecule has 0 radical (unpaired) electrons. The first kappa shape index (κ1) is 14.3. The molecule has 0 bridgehead atoms. The Hall–Kier alpha value is -2.34. The van der Waals surface area contributed by atoms with Gasteiger partial charge in [0.05, 0.1) is 5.02 Å². The average molecular weight is 330 g/mol. The highest BCUT2D eigenvalue weighted by Crippen LogP contribution is 2.23. The zero-order valence-electron chi connectivity index (χ0n) is 12.5. The summed E-state index contributed by atoms with van der Waals surface area (Å²) in [6.45, 7) is 1.89. The van der Waals surface area contributed by atoms with E-state index < -0.39 is 0 Å². The van der Waals surface area contributed by atoms with E-state index in [1.807, 2.05) is 12.3 Å². The lowest BCUT2D eigenvalue weighted by atomic mass is 10.1. The maximum Gasteiger partial charge on any atom is 0.276 e. The molecule has 4 rings (SSSR count). The fraction of sp³-hybridized carbons (Fsp3) is 0.312. The fourth-order valence-corrected chi connectivity index (χ4v) is 3.13. The number of halogens is 1. The monoisotopic (exact) mass is 329 g/mol. The van der Waals surface area contributed by atoms with Gasteiger partial charge in [0.1, 0.15) is 11.3 Å². The molecule has 1 amide bonds. The second-order valence-electron chi connectivity index (χ2n) is 5.76. The molecule has 2 aromatic heterocycles. The summed E-state index contributed by atoms with van der Waals surface area (Å²) in [6, 6.07) is 1.83. The molecule has 118 valence electrons. The number of aromatic nitrogens is 2. The molecule has 0 spiro atoms. The highest BCUT2D eigenvalue weighted by atomic mass is 35.5. The molecule has 0 aromatic carbocycles. The third-order valence-electron chi connectivity index (χ3n) is 4.16. The number of hydrogen-bond donors (Lipinski definition) is 2. The first-order valence-electron chi connectivity index (χ1n) is 7.70. The summed E-state index contributed by atoms with van der Waals surface area (Å²) < 4.78 is 0. The number of fused-ring (bicyclic) bond motifs is 1. The van der Waals surface area contributed by atoms with Crippen LogP contribution in [0.3, 0.4) is 0 Å². The lowest BCUT2D eigenvalue weighted by Gasteiger charge is -2.27. The summed E-state index contributed by atoms with van der Waals surface area (Å²) >= 11 is 6.01. The van der Waals surface area contributed by atoms with Gasteiger partial charge >= 0.3 is 0 Å². The second-order valence-corrected chi connectivity index (χ2v) is 6.20. The lowest BCUT2D eigenvalue weighted by molar-refractivity contribution is -0.115. The van der Waals surface area contributed by atoms with Crippen LogP contribution in [0.15, 0.2) is 29.1 Å². The van der Waals surface area contributed by atoms with Gasteiger partial charge in [-0.25, -0.2) is 9.98 Å². The Kier molecular flexibility index (Phi) is 3.53. The molecule has 2 N–H and O–H groups in total. The van der Waals surface area contributed by atoms with Crippen molar-refractivity contribution in [2.24, 2.45) is 4.99 Å². The maximum atomic E-state index is 12.2. The van der Waals surface area contributed by atoms with Gasteiger partial charge in [0.25, 0.3) is 5.91 Å². The number of aliphatic imine (C=N–C) groups is 1. The van der Waals surface area contributed by atoms with Crippen LogP contribution in [0.25, 0.3) is 17.1 Å². The van der Waals surface area contributed by atoms with E-state index in [0.29, 0.717) is 16.7 Å². The smallest absolute Gasteiger partial charge is 0.276 e. The van der Waals surface area contributed by atoms with Gasteiger partial charge in [0, 0.05) is 36.4 Å². The second kappa shape index (κ2) is 5.70. The van der Waals surface area contributed by atoms with Crippen molar-refractivity contribution >= 4 is 40.6 Å². The van der Waals surface area contributed by atoms with Crippen LogP contribution >= 0.6 is 11.6 Å². The van der Waals surface area contributed by atoms with Crippen molar-refractivity contribution in [3.63, 3.8) is 0 Å². The summed E-state index contributed by atoms with van der Waals surface area (Å²) in [5.74, 6) is 0.492. The SMILES string of the molecule is O=C1NC(N2CCCCC2)=N/C1=C\c1c[nH]c2ncc(Cl)cc12. The van der Waals surface area contributed by atoms with Crippen LogP contribution in [-0.4, -0.2) is 39.8 Å². The molecule has 2 aromatic rings. The largest absolute Gasteiger partial charge is 0.346 e. The highest BCUT2D eigenvalue weighted by Gasteiger charge is 2.25. The van der Waals surface area contributed by atoms with E-state index in [1.54, 1.807) is 12.3 Å². The van der Waals surface area contributed by atoms with Crippen molar-refractivity contribution in [2.75, 3.05) is 13.1 Å². The van der Waals surface area contributed by atoms with Crippen molar-refractivity contribution in [2.45, 2.75) is 19.3 Å². The molecule has 2 aliphatic rings. The fourth-order valence-electron chi connectivity index (χ4n) is 2.98. The topological polar surface area (TPSA) is 73.4 Å². The quantitative estimate of drug-likeness (QED) is 0.790. The Morgan fingerprint density at radius 2 is 2.09 bits per heavy atom. The van der Waals surface area contributed by atoms with E-state index in [-0.39, 0.29) is 5.91 Å². The Balaban J connectivity index is 1.67. The number of carbonyl (C=O) groups is 1. The number of carbonyl (C=O) groups excluding carboxylic acids is 1. The van der Waals surface area contributed by atoms with Crippen molar-refractivity contribution in [3.05, 3.63) is 34.7 Å². The van der Waals surface area contributed by atoms with Gasteiger partial charge in [0.15, 0.2) is 0 Å². The van der Waals surface area contributed by atoms with E-state index in [9.17, 15) is 4.79 Å². The number of nitrogens with one attached hydrogen (secondary N) is 2. The van der Waals surface area contributed by atoms with Gasteiger partial charge in [-0.05, 0) is 31.4 Å². The number of rotatable bonds is 1. The van der Waals surface area contributed by atoms with Gasteiger partial charge in [-0.1, -0.05) is 11.6 Å². The molecule has 0 saturated carbocycles. The van der Waals surface area contributed by atoms with Gasteiger partial charge in [-0.2, -0.15) is 0 Å². The molecular formula is C16H16ClN5O. The number of guanidine groups is 1. The number of nitrogens with zero attached hydrogens (tertiary/aromatic N) is 3. The van der Waals surface area contributed by atoms with Crippen LogP contribution in [-0.2, 0) is 4.79 Å². The molecule has 4 heterocycles. The molecule has 6 nitrogen and oxygen atoms in total. The number of pyridine rings is 1. The van der Waals surface area contributed by atoms with Crippen molar-refractivity contribution in [1.82, 2.24) is 20.2 Å². The first-order chi connectivity index (χ1) is 11.2. The van der Waals surface area contributed by atoms with Crippen LogP contribution in [0.5, 0.6) is 0 Å². The minimum absolute atomic E-state index is 0.171. The molecular weight excluding hydrogens is 314 g/mol. The van der Waals surface area contributed by atoms with E-state index in [4.69, 9.17) is 11.6 Å². The molecule has 0 unspecified atom stereocenters. The van der Waals surface area contributed by atoms with Crippen LogP contribution in [0, 0.1) is 0 Å². The number of H-pyrrole nitrogens is 1. The van der Waals surface area contributed by atoms with Crippen LogP contribution in [0.2, 0.25) is 5.02 Å². The molecule has 0 aliphatic carbocycles. The van der Waals surface area contributed by atoms with Crippen LogP contribution in [0.1, 0.15) is 24.8 Å². The minimum Gasteiger partial charge on any atom is -0.346 e. The van der Waals surface area contributed by atoms with Gasteiger partial charge < -0.3 is 9.88 Å². The zero-order chi connectivity index (χ0) is 15.8. The lowest BCUT2D eigenvalue weighted by Crippen LogP contribution is -2.43. The molecule has 1 fully saturated rings. The van der Waals surface area contributed by atoms with Crippen molar-refractivity contribution in [3.8, 4) is 0 Å². The molecule has 1 saturated heterocycles. The van der Waals surface area contributed by atoms with Gasteiger partial charge in [0.2, 0.25) is 5.96 Å². The number of amides is 1. The number of piperidine rings is 1. The minimum atomic E-state index is -0.171. The van der Waals surface area contributed by atoms with E-state index in [1.165, 1.54) is 6.42 Å². The van der Waals surface area contributed by atoms with Gasteiger partial charge in [-0.15, -0.1) is 0 Å². The maximum absolute atomic E-state index is 12.2. The molecule has 23 heavy (non-hydrogen) atoms. The normalized spacial score (nSPS) is 20.2. The predicted molar refractivity (Wildman–Crippen MR) is 90.1 cm³/mol. The predicted octanol–water partition coefficient (Wildman–Crippen LogP) is 2.53. The molecule has 2 aliphatic heterocycles. The standard InChI is InChI=1S/C16H16ClN5O/c17-11-7-12-10(8-18-14(12)19-9-11)6-13-15(23)21-16(20-13)22-4-2-1-3-5-22/h6-9H,1-5H2,(H,18,19)(H,20,21,23)/b13-6-.